The lowest BCUT2D eigenvalue weighted by Gasteiger charge is -2.23. The molecule has 0 saturated heterocycles. The van der Waals surface area contributed by atoms with Crippen molar-refractivity contribution in [2.45, 2.75) is 66.8 Å². The fraction of sp³-hybridized carbons (Fsp3) is 0.522. The Labute approximate surface area is 159 Å². The highest BCUT2D eigenvalue weighted by Crippen LogP contribution is 2.22. The molecule has 0 aliphatic heterocycles. The minimum Gasteiger partial charge on any atom is -0.329 e. The minimum absolute atomic E-state index is 0.726. The molecule has 0 saturated carbocycles. The summed E-state index contributed by atoms with van der Waals surface area (Å²) in [4.78, 5) is 2.26. The first kappa shape index (κ1) is 20.3. The van der Waals surface area contributed by atoms with E-state index in [4.69, 9.17) is 5.10 Å². The number of nitrogens with zero attached hydrogens (tertiary/aromatic N) is 3. The summed E-state index contributed by atoms with van der Waals surface area (Å²) in [6.45, 7) is 17.1. The molecule has 1 aromatic heterocycles. The average molecular weight is 354 g/mol. The van der Waals surface area contributed by atoms with Gasteiger partial charge in [0.15, 0.2) is 5.82 Å². The van der Waals surface area contributed by atoms with E-state index < -0.39 is 0 Å². The predicted molar refractivity (Wildman–Crippen MR) is 113 cm³/mol. The number of rotatable bonds is 10. The molecule has 1 heterocycles. The predicted octanol–water partition coefficient (Wildman–Crippen LogP) is 5.97. The minimum atomic E-state index is 0.726. The van der Waals surface area contributed by atoms with Gasteiger partial charge in [0, 0.05) is 24.0 Å². The van der Waals surface area contributed by atoms with Crippen molar-refractivity contribution in [1.29, 1.82) is 0 Å². The zero-order valence-electron chi connectivity index (χ0n) is 17.3. The maximum atomic E-state index is 4.91. The van der Waals surface area contributed by atoms with Crippen molar-refractivity contribution >= 4 is 5.82 Å². The summed E-state index contributed by atoms with van der Waals surface area (Å²) in [7, 11) is 0. The van der Waals surface area contributed by atoms with Crippen LogP contribution >= 0.6 is 0 Å². The smallest absolute Gasteiger partial charge is 0.155 e. The van der Waals surface area contributed by atoms with E-state index in [1.54, 1.807) is 0 Å². The van der Waals surface area contributed by atoms with Gasteiger partial charge < -0.3 is 4.90 Å². The summed E-state index contributed by atoms with van der Waals surface area (Å²) in [6, 6.07) is 11.0. The Hall–Kier alpha value is -2.03. The molecule has 3 heteroatoms. The summed E-state index contributed by atoms with van der Waals surface area (Å²) >= 11 is 0. The third-order valence-electron chi connectivity index (χ3n) is 4.91. The number of benzene rings is 1. The van der Waals surface area contributed by atoms with Gasteiger partial charge >= 0.3 is 0 Å². The van der Waals surface area contributed by atoms with Gasteiger partial charge in [-0.1, -0.05) is 58.5 Å². The van der Waals surface area contributed by atoms with E-state index in [2.05, 4.69) is 81.1 Å². The highest BCUT2D eigenvalue weighted by Gasteiger charge is 2.14. The number of allylic oxidation sites excluding steroid dienone is 1. The van der Waals surface area contributed by atoms with Crippen LogP contribution in [-0.4, -0.2) is 16.3 Å². The Kier molecular flexibility index (Phi) is 7.50. The van der Waals surface area contributed by atoms with Crippen molar-refractivity contribution in [2.24, 2.45) is 5.92 Å². The molecule has 0 radical (unpaired) electrons. The molecule has 3 nitrogen and oxygen atoms in total. The molecule has 0 aliphatic carbocycles. The highest BCUT2D eigenvalue weighted by atomic mass is 15.4. The number of anilines is 1. The van der Waals surface area contributed by atoms with Crippen LogP contribution in [0.5, 0.6) is 0 Å². The normalized spacial score (nSPS) is 11.2. The standard InChI is InChI=1S/C23H35N3/c1-7-15-25(19(5)8-2)23-16-20(6)26(24-23)17-22-12-10-9-11-21(22)14-13-18(3)4/h9-12,16,18H,5,7-8,13-15,17H2,1-4,6H3. The summed E-state index contributed by atoms with van der Waals surface area (Å²) in [5.41, 5.74) is 5.15. The van der Waals surface area contributed by atoms with Gasteiger partial charge in [-0.25, -0.2) is 0 Å². The van der Waals surface area contributed by atoms with E-state index in [-0.39, 0.29) is 0 Å². The summed E-state index contributed by atoms with van der Waals surface area (Å²) in [5.74, 6) is 1.75. The number of aryl methyl sites for hydroxylation is 2. The van der Waals surface area contributed by atoms with Crippen molar-refractivity contribution in [3.05, 3.63) is 59.4 Å². The molecule has 142 valence electrons. The zero-order valence-corrected chi connectivity index (χ0v) is 17.3. The largest absolute Gasteiger partial charge is 0.329 e. The van der Waals surface area contributed by atoms with Gasteiger partial charge in [-0.15, -0.1) is 0 Å². The Balaban J connectivity index is 2.23. The van der Waals surface area contributed by atoms with Crippen molar-refractivity contribution in [1.82, 2.24) is 9.78 Å². The van der Waals surface area contributed by atoms with Crippen molar-refractivity contribution in [3.63, 3.8) is 0 Å². The van der Waals surface area contributed by atoms with E-state index >= 15 is 0 Å². The Morgan fingerprint density at radius 3 is 2.50 bits per heavy atom. The van der Waals surface area contributed by atoms with Crippen LogP contribution in [0.3, 0.4) is 0 Å². The van der Waals surface area contributed by atoms with Crippen LogP contribution in [0.15, 0.2) is 42.6 Å². The molecule has 0 bridgehead atoms. The second-order valence-corrected chi connectivity index (χ2v) is 7.57. The van der Waals surface area contributed by atoms with E-state index in [0.29, 0.717) is 0 Å². The average Bonchev–Trinajstić information content (AvgIpc) is 2.98. The van der Waals surface area contributed by atoms with E-state index in [1.807, 2.05) is 0 Å². The van der Waals surface area contributed by atoms with Crippen molar-refractivity contribution in [3.8, 4) is 0 Å². The first-order chi connectivity index (χ1) is 12.5. The highest BCUT2D eigenvalue weighted by molar-refractivity contribution is 5.46. The van der Waals surface area contributed by atoms with Crippen LogP contribution in [0.2, 0.25) is 0 Å². The topological polar surface area (TPSA) is 21.1 Å². The molecular formula is C23H35N3. The molecule has 0 spiro atoms. The van der Waals surface area contributed by atoms with Crippen LogP contribution in [0, 0.1) is 12.8 Å². The molecule has 2 rings (SSSR count). The molecule has 1 aromatic carbocycles. The van der Waals surface area contributed by atoms with Crippen LogP contribution in [0.25, 0.3) is 0 Å². The lowest BCUT2D eigenvalue weighted by molar-refractivity contribution is 0.581. The number of hydrogen-bond acceptors (Lipinski definition) is 2. The van der Waals surface area contributed by atoms with Gasteiger partial charge in [-0.2, -0.15) is 5.10 Å². The van der Waals surface area contributed by atoms with Gasteiger partial charge in [-0.05, 0) is 49.7 Å². The molecule has 0 unspecified atom stereocenters. The fourth-order valence-electron chi connectivity index (χ4n) is 3.20. The second kappa shape index (κ2) is 9.61. The Morgan fingerprint density at radius 2 is 1.88 bits per heavy atom. The van der Waals surface area contributed by atoms with Crippen LogP contribution in [-0.2, 0) is 13.0 Å². The summed E-state index contributed by atoms with van der Waals surface area (Å²) in [5, 5.41) is 4.91. The third kappa shape index (κ3) is 5.23. The third-order valence-corrected chi connectivity index (χ3v) is 4.91. The number of aromatic nitrogens is 2. The van der Waals surface area contributed by atoms with E-state index in [1.165, 1.54) is 23.2 Å². The first-order valence-corrected chi connectivity index (χ1v) is 10.0. The quantitative estimate of drug-likeness (QED) is 0.525. The van der Waals surface area contributed by atoms with Gasteiger partial charge in [0.2, 0.25) is 0 Å². The van der Waals surface area contributed by atoms with Gasteiger partial charge in [0.25, 0.3) is 0 Å². The monoisotopic (exact) mass is 353 g/mol. The van der Waals surface area contributed by atoms with E-state index in [0.717, 1.165) is 49.8 Å². The molecule has 0 amide bonds. The van der Waals surface area contributed by atoms with Crippen LogP contribution < -0.4 is 4.90 Å². The van der Waals surface area contributed by atoms with E-state index in [9.17, 15) is 0 Å². The molecule has 2 aromatic rings. The molecule has 0 aliphatic rings. The number of hydrogen-bond donors (Lipinski definition) is 0. The summed E-state index contributed by atoms with van der Waals surface area (Å²) < 4.78 is 2.13. The van der Waals surface area contributed by atoms with Gasteiger partial charge in [-0.3, -0.25) is 4.68 Å². The molecule has 0 N–H and O–H groups in total. The second-order valence-electron chi connectivity index (χ2n) is 7.57. The molecule has 0 atom stereocenters. The lowest BCUT2D eigenvalue weighted by atomic mass is 9.98. The summed E-state index contributed by atoms with van der Waals surface area (Å²) in [6.07, 6.45) is 4.39. The first-order valence-electron chi connectivity index (χ1n) is 10.0. The zero-order chi connectivity index (χ0) is 19.1. The fourth-order valence-corrected chi connectivity index (χ4v) is 3.20. The maximum absolute atomic E-state index is 4.91. The maximum Gasteiger partial charge on any atom is 0.155 e. The SMILES string of the molecule is C=C(CC)N(CCC)c1cc(C)n(Cc2ccccc2CCC(C)C)n1. The molecule has 26 heavy (non-hydrogen) atoms. The van der Waals surface area contributed by atoms with Crippen LogP contribution in [0.1, 0.15) is 63.8 Å². The van der Waals surface area contributed by atoms with Gasteiger partial charge in [0.1, 0.15) is 0 Å². The molecular weight excluding hydrogens is 318 g/mol. The van der Waals surface area contributed by atoms with Crippen LogP contribution in [0.4, 0.5) is 5.82 Å². The van der Waals surface area contributed by atoms with Crippen molar-refractivity contribution in [2.75, 3.05) is 11.4 Å². The Bertz CT molecular complexity index is 712. The molecule has 0 fully saturated rings. The lowest BCUT2D eigenvalue weighted by Crippen LogP contribution is -2.23. The Morgan fingerprint density at radius 1 is 1.19 bits per heavy atom. The van der Waals surface area contributed by atoms with Crippen molar-refractivity contribution < 1.29 is 0 Å². The van der Waals surface area contributed by atoms with Gasteiger partial charge in [0.05, 0.1) is 6.54 Å².